The second-order valence-corrected chi connectivity index (χ2v) is 8.28. The molecular weight excluding hydrogens is 374 g/mol. The third-order valence-electron chi connectivity index (χ3n) is 2.84. The number of halogens is 1. The van der Waals surface area contributed by atoms with Crippen LogP contribution in [0.15, 0.2) is 44.4 Å². The fourth-order valence-corrected chi connectivity index (χ4v) is 4.27. The molecule has 1 heterocycles. The van der Waals surface area contributed by atoms with Gasteiger partial charge in [0.05, 0.1) is 8.68 Å². The van der Waals surface area contributed by atoms with Gasteiger partial charge in [-0.2, -0.15) is 12.8 Å². The topological polar surface area (TPSA) is 73.3 Å². The highest BCUT2D eigenvalue weighted by Gasteiger charge is 2.28. The highest BCUT2D eigenvalue weighted by molar-refractivity contribution is 9.11. The Morgan fingerprint density at radius 1 is 1.29 bits per heavy atom. The van der Waals surface area contributed by atoms with Gasteiger partial charge in [-0.1, -0.05) is 17.7 Å². The molecule has 0 saturated carbocycles. The van der Waals surface area contributed by atoms with E-state index in [2.05, 4.69) is 21.4 Å². The molecule has 0 unspecified atom stereocenters. The van der Waals surface area contributed by atoms with E-state index in [0.29, 0.717) is 9.35 Å². The maximum absolute atomic E-state index is 12.6. The van der Waals surface area contributed by atoms with Gasteiger partial charge in [0.2, 0.25) is 0 Å². The third-order valence-corrected chi connectivity index (χ3v) is 6.24. The molecule has 1 aromatic carbocycles. The van der Waals surface area contributed by atoms with Crippen LogP contribution in [0.1, 0.15) is 11.1 Å². The van der Waals surface area contributed by atoms with E-state index >= 15 is 0 Å². The quantitative estimate of drug-likeness (QED) is 0.481. The van der Waals surface area contributed by atoms with E-state index in [4.69, 9.17) is 5.41 Å². The summed E-state index contributed by atoms with van der Waals surface area (Å²) in [6, 6.07) is 8.22. The molecule has 2 aromatic rings. The fourth-order valence-electron chi connectivity index (χ4n) is 1.74. The monoisotopic (exact) mass is 387 g/mol. The average Bonchev–Trinajstić information content (AvgIpc) is 2.86. The lowest BCUT2D eigenvalue weighted by molar-refractivity contribution is 0.466. The zero-order valence-corrected chi connectivity index (χ0v) is 14.6. The van der Waals surface area contributed by atoms with Crippen molar-refractivity contribution in [2.24, 2.45) is 0 Å². The summed E-state index contributed by atoms with van der Waals surface area (Å²) in [4.78, 5) is 0.138. The van der Waals surface area contributed by atoms with Crippen molar-refractivity contribution in [3.05, 3.63) is 50.6 Å². The van der Waals surface area contributed by atoms with E-state index in [9.17, 15) is 8.42 Å². The lowest BCUT2D eigenvalue weighted by Gasteiger charge is -2.23. The van der Waals surface area contributed by atoms with Crippen LogP contribution in [0.5, 0.6) is 0 Å². The van der Waals surface area contributed by atoms with Crippen LogP contribution in [-0.2, 0) is 10.0 Å². The standard InChI is InChI=1S/C13H14BrN3O2S2/c1-9-3-5-10(6-4-9)21(18,19)17(16-2)13(15)11-7-8-20-12(11)14/h3-8,15-16H,1-2H3. The minimum atomic E-state index is -3.83. The van der Waals surface area contributed by atoms with Gasteiger partial charge in [-0.3, -0.25) is 5.41 Å². The highest BCUT2D eigenvalue weighted by atomic mass is 79.9. The second kappa shape index (κ2) is 6.27. The first-order valence-corrected chi connectivity index (χ1v) is 9.10. The Morgan fingerprint density at radius 3 is 2.38 bits per heavy atom. The number of aryl methyl sites for hydroxylation is 1. The molecule has 2 N–H and O–H groups in total. The maximum Gasteiger partial charge on any atom is 0.279 e. The first kappa shape index (κ1) is 16.2. The molecule has 2 rings (SSSR count). The van der Waals surface area contributed by atoms with Crippen LogP contribution in [0.25, 0.3) is 0 Å². The lowest BCUT2D eigenvalue weighted by Crippen LogP contribution is -2.45. The van der Waals surface area contributed by atoms with Gasteiger partial charge in [-0.05, 0) is 46.4 Å². The minimum absolute atomic E-state index is 0.133. The number of hydrogen-bond donors (Lipinski definition) is 2. The SMILES string of the molecule is CNN(C(=N)c1ccsc1Br)S(=O)(=O)c1ccc(C)cc1. The van der Waals surface area contributed by atoms with Crippen LogP contribution < -0.4 is 5.43 Å². The number of sulfonamides is 1. The summed E-state index contributed by atoms with van der Waals surface area (Å²) in [7, 11) is -2.36. The summed E-state index contributed by atoms with van der Waals surface area (Å²) in [5.74, 6) is -0.133. The molecule has 0 radical (unpaired) electrons. The van der Waals surface area contributed by atoms with E-state index in [-0.39, 0.29) is 10.7 Å². The fraction of sp³-hybridized carbons (Fsp3) is 0.154. The van der Waals surface area contributed by atoms with E-state index in [1.165, 1.54) is 30.5 Å². The summed E-state index contributed by atoms with van der Waals surface area (Å²) >= 11 is 4.72. The van der Waals surface area contributed by atoms with E-state index in [1.807, 2.05) is 6.92 Å². The number of benzene rings is 1. The Morgan fingerprint density at radius 2 is 1.90 bits per heavy atom. The molecular formula is C13H14BrN3O2S2. The molecule has 1 aromatic heterocycles. The Labute approximate surface area is 136 Å². The molecule has 21 heavy (non-hydrogen) atoms. The lowest BCUT2D eigenvalue weighted by atomic mass is 10.2. The van der Waals surface area contributed by atoms with Crippen molar-refractivity contribution in [1.29, 1.82) is 5.41 Å². The Bertz CT molecular complexity index is 754. The van der Waals surface area contributed by atoms with Crippen molar-refractivity contribution in [3.8, 4) is 0 Å². The van der Waals surface area contributed by atoms with Crippen LogP contribution in [0.2, 0.25) is 0 Å². The van der Waals surface area contributed by atoms with Crippen molar-refractivity contribution < 1.29 is 8.42 Å². The summed E-state index contributed by atoms with van der Waals surface area (Å²) in [6.07, 6.45) is 0. The molecule has 5 nitrogen and oxygen atoms in total. The predicted octanol–water partition coefficient (Wildman–Crippen LogP) is 2.97. The zero-order valence-electron chi connectivity index (χ0n) is 11.4. The van der Waals surface area contributed by atoms with Crippen molar-refractivity contribution in [1.82, 2.24) is 9.84 Å². The van der Waals surface area contributed by atoms with Gasteiger partial charge in [-0.25, -0.2) is 5.43 Å². The molecule has 0 bridgehead atoms. The summed E-state index contributed by atoms with van der Waals surface area (Å²) in [5.41, 5.74) is 4.07. The number of rotatable bonds is 4. The molecule has 0 spiro atoms. The van der Waals surface area contributed by atoms with Gasteiger partial charge >= 0.3 is 0 Å². The Balaban J connectivity index is 2.43. The maximum atomic E-state index is 12.6. The van der Waals surface area contributed by atoms with Gasteiger partial charge in [-0.15, -0.1) is 11.3 Å². The van der Waals surface area contributed by atoms with Crippen molar-refractivity contribution >= 4 is 43.1 Å². The number of nitrogens with zero attached hydrogens (tertiary/aromatic N) is 1. The smallest absolute Gasteiger partial charge is 0.279 e. The molecule has 112 valence electrons. The molecule has 0 saturated heterocycles. The molecule has 0 atom stereocenters. The van der Waals surface area contributed by atoms with Gasteiger partial charge in [0.1, 0.15) is 0 Å². The molecule has 0 aliphatic rings. The number of nitrogens with one attached hydrogen (secondary N) is 2. The second-order valence-electron chi connectivity index (χ2n) is 4.26. The van der Waals surface area contributed by atoms with Gasteiger partial charge in [0, 0.05) is 12.6 Å². The number of amidine groups is 1. The average molecular weight is 388 g/mol. The van der Waals surface area contributed by atoms with Crippen LogP contribution in [0.3, 0.4) is 0 Å². The highest BCUT2D eigenvalue weighted by Crippen LogP contribution is 2.26. The summed E-state index contributed by atoms with van der Waals surface area (Å²) in [6.45, 7) is 1.89. The summed E-state index contributed by atoms with van der Waals surface area (Å²) < 4.78 is 26.8. The van der Waals surface area contributed by atoms with Crippen LogP contribution in [0, 0.1) is 12.3 Å². The first-order valence-electron chi connectivity index (χ1n) is 5.99. The van der Waals surface area contributed by atoms with Crippen LogP contribution in [0.4, 0.5) is 0 Å². The number of hydrogen-bond acceptors (Lipinski definition) is 5. The Hall–Kier alpha value is -1.22. The van der Waals surface area contributed by atoms with E-state index in [0.717, 1.165) is 9.98 Å². The number of hydrazine groups is 1. The molecule has 0 fully saturated rings. The van der Waals surface area contributed by atoms with Crippen molar-refractivity contribution in [2.45, 2.75) is 11.8 Å². The number of thiophene rings is 1. The first-order chi connectivity index (χ1) is 9.87. The van der Waals surface area contributed by atoms with Crippen LogP contribution in [-0.4, -0.2) is 25.7 Å². The van der Waals surface area contributed by atoms with Gasteiger partial charge < -0.3 is 0 Å². The normalized spacial score (nSPS) is 11.4. The summed E-state index contributed by atoms with van der Waals surface area (Å²) in [5, 5.41) is 9.94. The molecule has 0 amide bonds. The largest absolute Gasteiger partial charge is 0.282 e. The van der Waals surface area contributed by atoms with E-state index in [1.54, 1.807) is 23.6 Å². The predicted molar refractivity (Wildman–Crippen MR) is 88.1 cm³/mol. The third kappa shape index (κ3) is 3.18. The van der Waals surface area contributed by atoms with Crippen molar-refractivity contribution in [3.63, 3.8) is 0 Å². The van der Waals surface area contributed by atoms with E-state index < -0.39 is 10.0 Å². The molecule has 0 aliphatic carbocycles. The minimum Gasteiger partial charge on any atom is -0.282 e. The molecule has 0 aliphatic heterocycles. The zero-order chi connectivity index (χ0) is 15.6. The van der Waals surface area contributed by atoms with Crippen LogP contribution >= 0.6 is 27.3 Å². The molecule has 8 heteroatoms. The Kier molecular flexibility index (Phi) is 4.82. The van der Waals surface area contributed by atoms with Gasteiger partial charge in [0.25, 0.3) is 10.0 Å². The van der Waals surface area contributed by atoms with Gasteiger partial charge in [0.15, 0.2) is 5.84 Å². The van der Waals surface area contributed by atoms with Crippen molar-refractivity contribution in [2.75, 3.05) is 7.05 Å².